The van der Waals surface area contributed by atoms with E-state index in [-0.39, 0.29) is 0 Å². The van der Waals surface area contributed by atoms with Gasteiger partial charge in [-0.1, -0.05) is 32.6 Å². The topological polar surface area (TPSA) is 38.0 Å². The summed E-state index contributed by atoms with van der Waals surface area (Å²) in [6, 6.07) is 0.584. The lowest BCUT2D eigenvalue weighted by atomic mass is 9.71. The first-order valence-electron chi connectivity index (χ1n) is 6.90. The highest BCUT2D eigenvalue weighted by Gasteiger charge is 2.36. The Labute approximate surface area is 104 Å². The average molecular weight is 242 g/mol. The fraction of sp³-hybridized carbons (Fsp3) is 1.00. The number of nitrogens with two attached hydrogens (primary N) is 1. The minimum atomic E-state index is 0.584. The van der Waals surface area contributed by atoms with Crippen LogP contribution in [0.15, 0.2) is 0 Å². The highest BCUT2D eigenvalue weighted by Crippen LogP contribution is 2.39. The number of nitrogens with one attached hydrogen (secondary N) is 1. The van der Waals surface area contributed by atoms with E-state index in [1.54, 1.807) is 0 Å². The second kappa shape index (κ2) is 6.27. The van der Waals surface area contributed by atoms with Gasteiger partial charge in [-0.25, -0.2) is 0 Å². The molecule has 4 atom stereocenters. The molecule has 2 nitrogen and oxygen atoms in total. The number of hydrogen-bond acceptors (Lipinski definition) is 3. The second-order valence-electron chi connectivity index (χ2n) is 5.43. The van der Waals surface area contributed by atoms with Crippen LogP contribution in [0.4, 0.5) is 0 Å². The summed E-state index contributed by atoms with van der Waals surface area (Å²) in [6.45, 7) is 2.35. The Hall–Kier alpha value is 0.270. The van der Waals surface area contributed by atoms with Crippen LogP contribution in [-0.2, 0) is 0 Å². The van der Waals surface area contributed by atoms with Crippen molar-refractivity contribution in [3.63, 3.8) is 0 Å². The molecule has 16 heavy (non-hydrogen) atoms. The zero-order valence-electron chi connectivity index (χ0n) is 10.5. The van der Waals surface area contributed by atoms with Crippen LogP contribution in [0.5, 0.6) is 0 Å². The maximum absolute atomic E-state index is 5.84. The molecule has 0 amide bonds. The van der Waals surface area contributed by atoms with Gasteiger partial charge < -0.3 is 0 Å². The van der Waals surface area contributed by atoms with E-state index in [1.807, 2.05) is 0 Å². The monoisotopic (exact) mass is 242 g/mol. The van der Waals surface area contributed by atoms with Crippen molar-refractivity contribution in [2.75, 3.05) is 11.5 Å². The van der Waals surface area contributed by atoms with Crippen molar-refractivity contribution >= 4 is 11.8 Å². The van der Waals surface area contributed by atoms with E-state index in [9.17, 15) is 0 Å². The molecule has 1 saturated carbocycles. The molecule has 0 aromatic rings. The number of thioether (sulfide) groups is 1. The Morgan fingerprint density at radius 1 is 1.31 bits per heavy atom. The normalized spacial score (nSPS) is 37.5. The number of rotatable bonds is 4. The van der Waals surface area contributed by atoms with Gasteiger partial charge in [0.2, 0.25) is 0 Å². The van der Waals surface area contributed by atoms with Crippen LogP contribution >= 0.6 is 11.8 Å². The van der Waals surface area contributed by atoms with Gasteiger partial charge in [0, 0.05) is 6.04 Å². The number of hydrogen-bond donors (Lipinski definition) is 2. The van der Waals surface area contributed by atoms with Crippen molar-refractivity contribution in [3.05, 3.63) is 0 Å². The van der Waals surface area contributed by atoms with Gasteiger partial charge in [-0.05, 0) is 42.1 Å². The maximum Gasteiger partial charge on any atom is 0.0277 e. The summed E-state index contributed by atoms with van der Waals surface area (Å²) in [7, 11) is 0. The fourth-order valence-electron chi connectivity index (χ4n) is 3.66. The fourth-order valence-corrected chi connectivity index (χ4v) is 4.97. The van der Waals surface area contributed by atoms with E-state index >= 15 is 0 Å². The molecule has 94 valence electrons. The van der Waals surface area contributed by atoms with E-state index in [1.165, 1.54) is 50.0 Å². The van der Waals surface area contributed by atoms with Gasteiger partial charge in [0.25, 0.3) is 0 Å². The van der Waals surface area contributed by atoms with Crippen LogP contribution in [0.25, 0.3) is 0 Å². The third-order valence-corrected chi connectivity index (χ3v) is 5.81. The molecule has 0 spiro atoms. The Kier molecular flexibility index (Phi) is 4.98. The van der Waals surface area contributed by atoms with Crippen molar-refractivity contribution in [1.82, 2.24) is 5.43 Å². The quantitative estimate of drug-likeness (QED) is 0.588. The zero-order valence-corrected chi connectivity index (χ0v) is 11.3. The lowest BCUT2D eigenvalue weighted by Crippen LogP contribution is -2.49. The third kappa shape index (κ3) is 2.74. The van der Waals surface area contributed by atoms with Gasteiger partial charge in [0.05, 0.1) is 0 Å². The second-order valence-corrected chi connectivity index (χ2v) is 6.58. The molecule has 3 N–H and O–H groups in total. The molecule has 1 heterocycles. The largest absolute Gasteiger partial charge is 0.271 e. The molecule has 4 unspecified atom stereocenters. The Balaban J connectivity index is 1.99. The molecule has 1 aliphatic carbocycles. The van der Waals surface area contributed by atoms with Crippen molar-refractivity contribution < 1.29 is 0 Å². The molecule has 1 saturated heterocycles. The van der Waals surface area contributed by atoms with Gasteiger partial charge in [0.1, 0.15) is 0 Å². The van der Waals surface area contributed by atoms with Gasteiger partial charge >= 0.3 is 0 Å². The van der Waals surface area contributed by atoms with E-state index in [4.69, 9.17) is 5.84 Å². The first kappa shape index (κ1) is 12.7. The van der Waals surface area contributed by atoms with Gasteiger partial charge in [0.15, 0.2) is 0 Å². The Bertz CT molecular complexity index is 202. The molecule has 0 radical (unpaired) electrons. The predicted octanol–water partition coefficient (Wildman–Crippen LogP) is 2.79. The Morgan fingerprint density at radius 3 is 2.75 bits per heavy atom. The first-order chi connectivity index (χ1) is 7.86. The summed E-state index contributed by atoms with van der Waals surface area (Å²) in [4.78, 5) is 0. The summed E-state index contributed by atoms with van der Waals surface area (Å²) in [5, 5.41) is 0. The SMILES string of the molecule is CCC1CCCCC1C(NN)C1CCSC1. The predicted molar refractivity (Wildman–Crippen MR) is 72.3 cm³/mol. The average Bonchev–Trinajstić information content (AvgIpc) is 2.84. The van der Waals surface area contributed by atoms with Crippen molar-refractivity contribution in [3.8, 4) is 0 Å². The highest BCUT2D eigenvalue weighted by molar-refractivity contribution is 7.99. The molecule has 2 fully saturated rings. The van der Waals surface area contributed by atoms with Crippen molar-refractivity contribution in [2.45, 2.75) is 51.5 Å². The third-order valence-electron chi connectivity index (χ3n) is 4.62. The Morgan fingerprint density at radius 2 is 2.12 bits per heavy atom. The summed E-state index contributed by atoms with van der Waals surface area (Å²) < 4.78 is 0. The molecule has 1 aliphatic heterocycles. The summed E-state index contributed by atoms with van der Waals surface area (Å²) in [5.41, 5.74) is 3.16. The van der Waals surface area contributed by atoms with Crippen LogP contribution < -0.4 is 11.3 Å². The van der Waals surface area contributed by atoms with Gasteiger partial charge in [-0.15, -0.1) is 0 Å². The number of hydrazine groups is 1. The standard InChI is InChI=1S/C13H26N2S/c1-2-10-5-3-4-6-12(10)13(15-14)11-7-8-16-9-11/h10-13,15H,2-9,14H2,1H3. The summed E-state index contributed by atoms with van der Waals surface area (Å²) >= 11 is 2.10. The summed E-state index contributed by atoms with van der Waals surface area (Å²) in [6.07, 6.45) is 8.38. The van der Waals surface area contributed by atoms with E-state index in [0.717, 1.165) is 17.8 Å². The lowest BCUT2D eigenvalue weighted by Gasteiger charge is -2.39. The van der Waals surface area contributed by atoms with Crippen LogP contribution in [0.1, 0.15) is 45.4 Å². The van der Waals surface area contributed by atoms with Crippen LogP contribution in [0.2, 0.25) is 0 Å². The molecular weight excluding hydrogens is 216 g/mol. The zero-order chi connectivity index (χ0) is 11.4. The molecule has 2 rings (SSSR count). The van der Waals surface area contributed by atoms with Crippen LogP contribution in [-0.4, -0.2) is 17.5 Å². The van der Waals surface area contributed by atoms with Crippen LogP contribution in [0, 0.1) is 17.8 Å². The first-order valence-corrected chi connectivity index (χ1v) is 8.06. The maximum atomic E-state index is 5.84. The molecule has 2 aliphatic rings. The molecule has 0 bridgehead atoms. The minimum absolute atomic E-state index is 0.584. The lowest BCUT2D eigenvalue weighted by molar-refractivity contribution is 0.144. The molecule has 0 aromatic heterocycles. The molecular formula is C13H26N2S. The molecule has 3 heteroatoms. The minimum Gasteiger partial charge on any atom is -0.271 e. The van der Waals surface area contributed by atoms with Crippen LogP contribution in [0.3, 0.4) is 0 Å². The summed E-state index contributed by atoms with van der Waals surface area (Å²) in [5.74, 6) is 11.1. The van der Waals surface area contributed by atoms with Gasteiger partial charge in [-0.3, -0.25) is 11.3 Å². The van der Waals surface area contributed by atoms with E-state index < -0.39 is 0 Å². The molecule has 0 aromatic carbocycles. The van der Waals surface area contributed by atoms with Gasteiger partial charge in [-0.2, -0.15) is 11.8 Å². The van der Waals surface area contributed by atoms with Crippen molar-refractivity contribution in [1.29, 1.82) is 0 Å². The smallest absolute Gasteiger partial charge is 0.0277 e. The van der Waals surface area contributed by atoms with Crippen molar-refractivity contribution in [2.24, 2.45) is 23.6 Å². The van der Waals surface area contributed by atoms with E-state index in [2.05, 4.69) is 24.1 Å². The van der Waals surface area contributed by atoms with E-state index in [0.29, 0.717) is 6.04 Å². The highest BCUT2D eigenvalue weighted by atomic mass is 32.2.